The average molecular weight is 416 g/mol. The number of sulfone groups is 1. The van der Waals surface area contributed by atoms with E-state index in [4.69, 9.17) is 0 Å². The number of thiophene rings is 1. The molecule has 6 nitrogen and oxygen atoms in total. The van der Waals surface area contributed by atoms with Crippen LogP contribution in [0, 0.1) is 0 Å². The fraction of sp³-hybridized carbons (Fsp3) is 0.300. The lowest BCUT2D eigenvalue weighted by Crippen LogP contribution is -2.27. The molecular formula is C20H21N3O3S2. The Hall–Kier alpha value is -2.45. The molecule has 1 fully saturated rings. The van der Waals surface area contributed by atoms with Crippen LogP contribution in [0.3, 0.4) is 0 Å². The molecule has 146 valence electrons. The van der Waals surface area contributed by atoms with Crippen molar-refractivity contribution in [1.82, 2.24) is 15.1 Å². The maximum absolute atomic E-state index is 12.8. The van der Waals surface area contributed by atoms with E-state index in [2.05, 4.69) is 10.4 Å². The number of carbonyl (C=O) groups is 1. The molecule has 28 heavy (non-hydrogen) atoms. The number of hydrogen-bond acceptors (Lipinski definition) is 5. The lowest BCUT2D eigenvalue weighted by atomic mass is 10.1. The zero-order chi connectivity index (χ0) is 19.7. The Balaban J connectivity index is 1.63. The van der Waals surface area contributed by atoms with E-state index in [1.54, 1.807) is 22.1 Å². The molecule has 0 spiro atoms. The van der Waals surface area contributed by atoms with E-state index >= 15 is 0 Å². The van der Waals surface area contributed by atoms with Crippen molar-refractivity contribution in [2.24, 2.45) is 0 Å². The molecule has 0 bridgehead atoms. The van der Waals surface area contributed by atoms with Gasteiger partial charge in [-0.25, -0.2) is 8.42 Å². The summed E-state index contributed by atoms with van der Waals surface area (Å²) in [5.41, 5.74) is 2.10. The van der Waals surface area contributed by atoms with Crippen LogP contribution in [0.15, 0.2) is 53.9 Å². The van der Waals surface area contributed by atoms with Crippen LogP contribution < -0.4 is 5.32 Å². The summed E-state index contributed by atoms with van der Waals surface area (Å²) in [6, 6.07) is 15.0. The summed E-state index contributed by atoms with van der Waals surface area (Å²) < 4.78 is 25.6. The molecule has 4 rings (SSSR count). The summed E-state index contributed by atoms with van der Waals surface area (Å²) >= 11 is 1.54. The van der Waals surface area contributed by atoms with Gasteiger partial charge in [0.15, 0.2) is 15.5 Å². The third kappa shape index (κ3) is 3.88. The minimum atomic E-state index is -3.05. The highest BCUT2D eigenvalue weighted by Gasteiger charge is 2.32. The molecule has 0 unspecified atom stereocenters. The monoisotopic (exact) mass is 415 g/mol. The van der Waals surface area contributed by atoms with Gasteiger partial charge < -0.3 is 5.32 Å². The fourth-order valence-corrected chi connectivity index (χ4v) is 5.88. The Morgan fingerprint density at radius 3 is 2.68 bits per heavy atom. The maximum Gasteiger partial charge on any atom is 0.272 e. The van der Waals surface area contributed by atoms with Crippen LogP contribution in [0.4, 0.5) is 0 Å². The molecular weight excluding hydrogens is 394 g/mol. The predicted molar refractivity (Wildman–Crippen MR) is 110 cm³/mol. The van der Waals surface area contributed by atoms with Crippen molar-refractivity contribution in [2.45, 2.75) is 25.4 Å². The van der Waals surface area contributed by atoms with Crippen LogP contribution in [0.1, 0.15) is 41.5 Å². The SMILES string of the molecule is C[C@@H](NC(=O)c1cc(-c2cccs2)n([C@@H]2CCS(=O)(=O)C2)n1)c1ccccc1. The standard InChI is InChI=1S/C20H21N3O3S2/c1-14(15-6-3-2-4-7-15)21-20(24)17-12-18(19-8-5-10-27-19)23(22-17)16-9-11-28(25,26)13-16/h2-8,10,12,14,16H,9,11,13H2,1H3,(H,21,24)/t14-,16-/m1/s1. The molecule has 2 aromatic heterocycles. The van der Waals surface area contributed by atoms with Gasteiger partial charge in [-0.3, -0.25) is 9.48 Å². The number of nitrogens with one attached hydrogen (secondary N) is 1. The minimum Gasteiger partial charge on any atom is -0.344 e. The van der Waals surface area contributed by atoms with Gasteiger partial charge in [0.1, 0.15) is 0 Å². The summed E-state index contributed by atoms with van der Waals surface area (Å²) in [5.74, 6) is -0.0450. The van der Waals surface area contributed by atoms with Crippen LogP contribution >= 0.6 is 11.3 Å². The largest absolute Gasteiger partial charge is 0.344 e. The first-order valence-electron chi connectivity index (χ1n) is 9.12. The molecule has 3 aromatic rings. The molecule has 8 heteroatoms. The number of amides is 1. The number of rotatable bonds is 5. The van der Waals surface area contributed by atoms with Gasteiger partial charge in [-0.1, -0.05) is 36.4 Å². The van der Waals surface area contributed by atoms with E-state index in [1.165, 1.54) is 0 Å². The van der Waals surface area contributed by atoms with E-state index in [1.807, 2.05) is 54.8 Å². The summed E-state index contributed by atoms with van der Waals surface area (Å²) in [6.07, 6.45) is 0.518. The van der Waals surface area contributed by atoms with E-state index < -0.39 is 9.84 Å². The number of aromatic nitrogens is 2. The van der Waals surface area contributed by atoms with Crippen molar-refractivity contribution < 1.29 is 13.2 Å². The highest BCUT2D eigenvalue weighted by Crippen LogP contribution is 2.32. The number of carbonyl (C=O) groups excluding carboxylic acids is 1. The zero-order valence-corrected chi connectivity index (χ0v) is 17.0. The third-order valence-electron chi connectivity index (χ3n) is 4.94. The average Bonchev–Trinajstić information content (AvgIpc) is 3.40. The van der Waals surface area contributed by atoms with Crippen molar-refractivity contribution in [3.05, 3.63) is 65.2 Å². The second-order valence-corrected chi connectivity index (χ2v) is 10.2. The van der Waals surface area contributed by atoms with Crippen LogP contribution in [0.2, 0.25) is 0 Å². The first-order chi connectivity index (χ1) is 13.4. The van der Waals surface area contributed by atoms with E-state index in [9.17, 15) is 13.2 Å². The van der Waals surface area contributed by atoms with Gasteiger partial charge in [0.05, 0.1) is 34.2 Å². The van der Waals surface area contributed by atoms with Gasteiger partial charge >= 0.3 is 0 Å². The zero-order valence-electron chi connectivity index (χ0n) is 15.4. The second-order valence-electron chi connectivity index (χ2n) is 7.00. The Morgan fingerprint density at radius 2 is 2.04 bits per heavy atom. The van der Waals surface area contributed by atoms with Gasteiger partial charge in [-0.15, -0.1) is 11.3 Å². The highest BCUT2D eigenvalue weighted by atomic mass is 32.2. The van der Waals surface area contributed by atoms with Gasteiger partial charge in [0, 0.05) is 0 Å². The van der Waals surface area contributed by atoms with Gasteiger partial charge in [-0.2, -0.15) is 5.10 Å². The summed E-state index contributed by atoms with van der Waals surface area (Å²) in [4.78, 5) is 13.8. The molecule has 2 atom stereocenters. The molecule has 1 aromatic carbocycles. The first kappa shape index (κ1) is 18.9. The Labute approximate surface area is 168 Å². The van der Waals surface area contributed by atoms with Gasteiger partial charge in [-0.05, 0) is 36.4 Å². The predicted octanol–water partition coefficient (Wildman–Crippen LogP) is 3.46. The van der Waals surface area contributed by atoms with Crippen molar-refractivity contribution in [3.63, 3.8) is 0 Å². The van der Waals surface area contributed by atoms with E-state index in [0.717, 1.165) is 16.1 Å². The quantitative estimate of drug-likeness (QED) is 0.692. The molecule has 1 N–H and O–H groups in total. The van der Waals surface area contributed by atoms with Crippen LogP contribution in [0.5, 0.6) is 0 Å². The lowest BCUT2D eigenvalue weighted by Gasteiger charge is -2.13. The Bertz CT molecular complexity index is 1070. The fourth-order valence-electron chi connectivity index (χ4n) is 3.46. The molecule has 1 amide bonds. The lowest BCUT2D eigenvalue weighted by molar-refractivity contribution is 0.0933. The topological polar surface area (TPSA) is 81.1 Å². The van der Waals surface area contributed by atoms with Gasteiger partial charge in [0.2, 0.25) is 0 Å². The van der Waals surface area contributed by atoms with Crippen molar-refractivity contribution in [3.8, 4) is 10.6 Å². The summed E-state index contributed by atoms with van der Waals surface area (Å²) in [7, 11) is -3.05. The van der Waals surface area contributed by atoms with Crippen molar-refractivity contribution >= 4 is 27.1 Å². The van der Waals surface area contributed by atoms with E-state index in [0.29, 0.717) is 12.1 Å². The molecule has 0 saturated carbocycles. The van der Waals surface area contributed by atoms with Crippen LogP contribution in [-0.2, 0) is 9.84 Å². The molecule has 1 aliphatic rings. The summed E-state index contributed by atoms with van der Waals surface area (Å²) in [6.45, 7) is 1.92. The maximum atomic E-state index is 12.8. The Kier molecular flexibility index (Phi) is 5.07. The van der Waals surface area contributed by atoms with Crippen molar-refractivity contribution in [1.29, 1.82) is 0 Å². The van der Waals surface area contributed by atoms with Crippen LogP contribution in [-0.4, -0.2) is 35.6 Å². The number of nitrogens with zero attached hydrogens (tertiary/aromatic N) is 2. The molecule has 1 saturated heterocycles. The minimum absolute atomic E-state index is 0.0640. The normalized spacial score (nSPS) is 19.4. The smallest absolute Gasteiger partial charge is 0.272 e. The first-order valence-corrected chi connectivity index (χ1v) is 11.8. The molecule has 1 aliphatic heterocycles. The second kappa shape index (κ2) is 7.52. The molecule has 3 heterocycles. The number of hydrogen-bond donors (Lipinski definition) is 1. The van der Waals surface area contributed by atoms with E-state index in [-0.39, 0.29) is 29.5 Å². The number of benzene rings is 1. The van der Waals surface area contributed by atoms with Crippen molar-refractivity contribution in [2.75, 3.05) is 11.5 Å². The Morgan fingerprint density at radius 1 is 1.25 bits per heavy atom. The molecule has 0 radical (unpaired) electrons. The molecule has 0 aliphatic carbocycles. The third-order valence-corrected chi connectivity index (χ3v) is 7.59. The van der Waals surface area contributed by atoms with Crippen LogP contribution in [0.25, 0.3) is 10.6 Å². The van der Waals surface area contributed by atoms with Gasteiger partial charge in [0.25, 0.3) is 5.91 Å². The highest BCUT2D eigenvalue weighted by molar-refractivity contribution is 7.91. The summed E-state index contributed by atoms with van der Waals surface area (Å²) in [5, 5.41) is 9.44.